The maximum atomic E-state index is 12.4. The van der Waals surface area contributed by atoms with E-state index in [0.717, 1.165) is 20.4 Å². The number of benzene rings is 2. The second-order valence-electron chi connectivity index (χ2n) is 6.59. The van der Waals surface area contributed by atoms with Crippen molar-refractivity contribution >= 4 is 40.2 Å². The molecule has 6 heteroatoms. The zero-order valence-corrected chi connectivity index (χ0v) is 17.0. The Labute approximate surface area is 167 Å². The predicted octanol–water partition coefficient (Wildman–Crippen LogP) is 4.08. The van der Waals surface area contributed by atoms with E-state index in [4.69, 9.17) is 0 Å². The number of carbonyl (C=O) groups is 2. The maximum Gasteiger partial charge on any atom is 0.319 e. The monoisotopic (exact) mass is 463 g/mol. The van der Waals surface area contributed by atoms with E-state index >= 15 is 0 Å². The van der Waals surface area contributed by atoms with Gasteiger partial charge < -0.3 is 15.5 Å². The van der Waals surface area contributed by atoms with Crippen LogP contribution in [0, 0.1) is 10.5 Å². The lowest BCUT2D eigenvalue weighted by molar-refractivity contribution is -0.129. The van der Waals surface area contributed by atoms with Gasteiger partial charge in [-0.2, -0.15) is 0 Å². The summed E-state index contributed by atoms with van der Waals surface area (Å²) >= 11 is 2.24. The Morgan fingerprint density at radius 1 is 1.23 bits per heavy atom. The summed E-state index contributed by atoms with van der Waals surface area (Å²) < 4.78 is 1.12. The second-order valence-corrected chi connectivity index (χ2v) is 7.84. The summed E-state index contributed by atoms with van der Waals surface area (Å²) in [5.41, 5.74) is 2.89. The van der Waals surface area contributed by atoms with Gasteiger partial charge in [-0.1, -0.05) is 30.3 Å². The fourth-order valence-corrected chi connectivity index (χ4v) is 3.87. The van der Waals surface area contributed by atoms with Crippen LogP contribution < -0.4 is 10.6 Å². The molecule has 1 aliphatic heterocycles. The molecule has 2 aromatic rings. The van der Waals surface area contributed by atoms with Gasteiger partial charge in [0.15, 0.2) is 0 Å². The van der Waals surface area contributed by atoms with Gasteiger partial charge in [0, 0.05) is 22.2 Å². The van der Waals surface area contributed by atoms with Gasteiger partial charge in [0.2, 0.25) is 5.91 Å². The van der Waals surface area contributed by atoms with E-state index in [-0.39, 0.29) is 24.0 Å². The Kier molecular flexibility index (Phi) is 5.80. The van der Waals surface area contributed by atoms with Crippen LogP contribution in [0.3, 0.4) is 0 Å². The molecule has 2 atom stereocenters. The number of carbonyl (C=O) groups excluding carboxylic acids is 2. The van der Waals surface area contributed by atoms with Crippen molar-refractivity contribution in [2.45, 2.75) is 32.4 Å². The first-order chi connectivity index (χ1) is 12.4. The van der Waals surface area contributed by atoms with E-state index in [1.165, 1.54) is 0 Å². The van der Waals surface area contributed by atoms with Crippen LogP contribution in [0.4, 0.5) is 10.5 Å². The van der Waals surface area contributed by atoms with E-state index in [9.17, 15) is 9.59 Å². The third-order valence-corrected chi connectivity index (χ3v) is 5.35. The summed E-state index contributed by atoms with van der Waals surface area (Å²) in [5, 5.41) is 5.79. The minimum atomic E-state index is -0.277. The van der Waals surface area contributed by atoms with Crippen molar-refractivity contribution in [2.24, 2.45) is 0 Å². The molecule has 2 unspecified atom stereocenters. The first kappa shape index (κ1) is 18.7. The molecule has 1 saturated heterocycles. The van der Waals surface area contributed by atoms with Gasteiger partial charge >= 0.3 is 6.03 Å². The molecule has 3 amide bonds. The van der Waals surface area contributed by atoms with Gasteiger partial charge in [-0.15, -0.1) is 0 Å². The molecule has 5 nitrogen and oxygen atoms in total. The number of anilines is 1. The summed E-state index contributed by atoms with van der Waals surface area (Å²) in [4.78, 5) is 26.5. The average Bonchev–Trinajstić information content (AvgIpc) is 2.97. The molecular weight excluding hydrogens is 441 g/mol. The van der Waals surface area contributed by atoms with E-state index in [1.807, 2.05) is 67.3 Å². The fourth-order valence-electron chi connectivity index (χ4n) is 3.23. The standard InChI is InChI=1S/C20H22IN3O2/c1-13-10-16(21)8-9-18(13)23-20(26)22-17-11-19(25)24(12-17)14(2)15-6-4-3-5-7-15/h3-10,14,17H,11-12H2,1-2H3,(H2,22,23,26). The minimum Gasteiger partial charge on any atom is -0.334 e. The normalized spacial score (nSPS) is 17.9. The third-order valence-electron chi connectivity index (χ3n) is 4.68. The Morgan fingerprint density at radius 3 is 2.65 bits per heavy atom. The molecule has 0 saturated carbocycles. The van der Waals surface area contributed by atoms with Crippen LogP contribution in [0.5, 0.6) is 0 Å². The molecule has 0 bridgehead atoms. The molecule has 1 aliphatic rings. The van der Waals surface area contributed by atoms with Crippen molar-refractivity contribution < 1.29 is 9.59 Å². The van der Waals surface area contributed by atoms with E-state index in [2.05, 4.69) is 33.2 Å². The Hall–Kier alpha value is -2.09. The van der Waals surface area contributed by atoms with Gasteiger partial charge in [-0.25, -0.2) is 4.79 Å². The Balaban J connectivity index is 1.59. The van der Waals surface area contributed by atoms with Gasteiger partial charge in [-0.3, -0.25) is 4.79 Å². The number of aryl methyl sites for hydroxylation is 1. The van der Waals surface area contributed by atoms with Gasteiger partial charge in [0.05, 0.1) is 12.1 Å². The zero-order chi connectivity index (χ0) is 18.7. The molecule has 3 rings (SSSR count). The lowest BCUT2D eigenvalue weighted by atomic mass is 10.1. The highest BCUT2D eigenvalue weighted by Gasteiger charge is 2.33. The lowest BCUT2D eigenvalue weighted by Crippen LogP contribution is -2.40. The molecule has 0 aliphatic carbocycles. The van der Waals surface area contributed by atoms with Crippen molar-refractivity contribution in [3.05, 3.63) is 63.2 Å². The molecule has 0 radical (unpaired) electrons. The number of amides is 3. The van der Waals surface area contributed by atoms with Crippen molar-refractivity contribution in [1.82, 2.24) is 10.2 Å². The van der Waals surface area contributed by atoms with Crippen LogP contribution >= 0.6 is 22.6 Å². The van der Waals surface area contributed by atoms with Gasteiger partial charge in [0.25, 0.3) is 0 Å². The zero-order valence-electron chi connectivity index (χ0n) is 14.8. The molecule has 1 heterocycles. The Morgan fingerprint density at radius 2 is 1.96 bits per heavy atom. The lowest BCUT2D eigenvalue weighted by Gasteiger charge is -2.25. The summed E-state index contributed by atoms with van der Waals surface area (Å²) in [6.45, 7) is 4.50. The van der Waals surface area contributed by atoms with Crippen LogP contribution in [0.1, 0.15) is 30.5 Å². The van der Waals surface area contributed by atoms with Crippen LogP contribution in [-0.4, -0.2) is 29.4 Å². The molecule has 2 N–H and O–H groups in total. The molecule has 0 spiro atoms. The van der Waals surface area contributed by atoms with Crippen molar-refractivity contribution in [3.8, 4) is 0 Å². The highest BCUT2D eigenvalue weighted by Crippen LogP contribution is 2.25. The molecule has 1 fully saturated rings. The van der Waals surface area contributed by atoms with Crippen molar-refractivity contribution in [1.29, 1.82) is 0 Å². The molecule has 26 heavy (non-hydrogen) atoms. The minimum absolute atomic E-state index is 0.00277. The quantitative estimate of drug-likeness (QED) is 0.672. The molecular formula is C20H22IN3O2. The van der Waals surface area contributed by atoms with Crippen LogP contribution in [0.15, 0.2) is 48.5 Å². The second kappa shape index (κ2) is 8.07. The number of rotatable bonds is 4. The van der Waals surface area contributed by atoms with Gasteiger partial charge in [-0.05, 0) is 65.8 Å². The number of urea groups is 1. The van der Waals surface area contributed by atoms with E-state index in [1.54, 1.807) is 0 Å². The van der Waals surface area contributed by atoms with Crippen LogP contribution in [0.25, 0.3) is 0 Å². The number of likely N-dealkylation sites (tertiary alicyclic amines) is 1. The Bertz CT molecular complexity index is 810. The molecule has 2 aromatic carbocycles. The number of nitrogens with one attached hydrogen (secondary N) is 2. The summed E-state index contributed by atoms with van der Waals surface area (Å²) in [5.74, 6) is 0.0668. The average molecular weight is 463 g/mol. The largest absolute Gasteiger partial charge is 0.334 e. The van der Waals surface area contributed by atoms with Crippen molar-refractivity contribution in [2.75, 3.05) is 11.9 Å². The van der Waals surface area contributed by atoms with Gasteiger partial charge in [0.1, 0.15) is 0 Å². The number of hydrogen-bond acceptors (Lipinski definition) is 2. The first-order valence-corrected chi connectivity index (χ1v) is 9.70. The van der Waals surface area contributed by atoms with E-state index < -0.39 is 0 Å². The first-order valence-electron chi connectivity index (χ1n) is 8.62. The predicted molar refractivity (Wildman–Crippen MR) is 111 cm³/mol. The third kappa shape index (κ3) is 4.35. The SMILES string of the molecule is Cc1cc(I)ccc1NC(=O)NC1CC(=O)N(C(C)c2ccccc2)C1. The summed E-state index contributed by atoms with van der Waals surface area (Å²) in [6, 6.07) is 15.3. The highest BCUT2D eigenvalue weighted by atomic mass is 127. The summed E-state index contributed by atoms with van der Waals surface area (Å²) in [6.07, 6.45) is 0.330. The van der Waals surface area contributed by atoms with E-state index in [0.29, 0.717) is 13.0 Å². The number of hydrogen-bond donors (Lipinski definition) is 2. The molecule has 136 valence electrons. The fraction of sp³-hybridized carbons (Fsp3) is 0.300. The topological polar surface area (TPSA) is 61.4 Å². The smallest absolute Gasteiger partial charge is 0.319 e. The van der Waals surface area contributed by atoms with Crippen LogP contribution in [-0.2, 0) is 4.79 Å². The van der Waals surface area contributed by atoms with Crippen molar-refractivity contribution in [3.63, 3.8) is 0 Å². The summed E-state index contributed by atoms with van der Waals surface area (Å²) in [7, 11) is 0. The highest BCUT2D eigenvalue weighted by molar-refractivity contribution is 14.1. The molecule has 0 aromatic heterocycles. The number of halogens is 1. The van der Waals surface area contributed by atoms with Crippen LogP contribution in [0.2, 0.25) is 0 Å². The maximum absolute atomic E-state index is 12.4. The number of nitrogens with zero attached hydrogens (tertiary/aromatic N) is 1.